The van der Waals surface area contributed by atoms with Gasteiger partial charge in [-0.1, -0.05) is 30.3 Å². The SMILES string of the molecule is CC(C)(C)OC(=O)N1CC(OCOCc2ccccc2)CC1CO. The third-order valence-corrected chi connectivity index (χ3v) is 3.71. The lowest BCUT2D eigenvalue weighted by Gasteiger charge is -2.27. The molecule has 0 aliphatic carbocycles. The van der Waals surface area contributed by atoms with Gasteiger partial charge in [0.1, 0.15) is 12.4 Å². The van der Waals surface area contributed by atoms with Crippen LogP contribution < -0.4 is 0 Å². The molecule has 1 N–H and O–H groups in total. The molecule has 2 unspecified atom stereocenters. The molecule has 1 saturated heterocycles. The van der Waals surface area contributed by atoms with Gasteiger partial charge in [-0.25, -0.2) is 4.79 Å². The van der Waals surface area contributed by atoms with E-state index < -0.39 is 11.7 Å². The van der Waals surface area contributed by atoms with E-state index in [2.05, 4.69) is 0 Å². The Hall–Kier alpha value is -1.63. The maximum absolute atomic E-state index is 12.2. The van der Waals surface area contributed by atoms with Crippen LogP contribution in [0.1, 0.15) is 32.8 Å². The summed E-state index contributed by atoms with van der Waals surface area (Å²) in [5.41, 5.74) is 0.519. The number of aliphatic hydroxyl groups excluding tert-OH is 1. The van der Waals surface area contributed by atoms with Crippen molar-refractivity contribution in [1.29, 1.82) is 0 Å². The molecule has 1 fully saturated rings. The lowest BCUT2D eigenvalue weighted by atomic mass is 10.2. The van der Waals surface area contributed by atoms with Gasteiger partial charge in [0.2, 0.25) is 0 Å². The average Bonchev–Trinajstić information content (AvgIpc) is 2.94. The fourth-order valence-corrected chi connectivity index (χ4v) is 2.59. The molecule has 1 aromatic rings. The first-order valence-electron chi connectivity index (χ1n) is 8.23. The number of ether oxygens (including phenoxy) is 3. The number of carbonyl (C=O) groups excluding carboxylic acids is 1. The topological polar surface area (TPSA) is 68.2 Å². The molecule has 6 heteroatoms. The van der Waals surface area contributed by atoms with E-state index in [1.807, 2.05) is 51.1 Å². The Morgan fingerprint density at radius 3 is 2.62 bits per heavy atom. The van der Waals surface area contributed by atoms with Crippen LogP contribution in [0, 0.1) is 0 Å². The van der Waals surface area contributed by atoms with E-state index in [0.29, 0.717) is 19.6 Å². The van der Waals surface area contributed by atoms with Crippen LogP contribution >= 0.6 is 0 Å². The van der Waals surface area contributed by atoms with Crippen molar-refractivity contribution in [1.82, 2.24) is 4.90 Å². The number of benzene rings is 1. The maximum atomic E-state index is 12.2. The molecule has 0 radical (unpaired) electrons. The van der Waals surface area contributed by atoms with Gasteiger partial charge >= 0.3 is 6.09 Å². The van der Waals surface area contributed by atoms with Crippen molar-refractivity contribution in [3.8, 4) is 0 Å². The van der Waals surface area contributed by atoms with E-state index in [1.54, 1.807) is 0 Å². The van der Waals surface area contributed by atoms with E-state index in [4.69, 9.17) is 14.2 Å². The molecular weight excluding hydrogens is 310 g/mol. The number of likely N-dealkylation sites (tertiary alicyclic amines) is 1. The number of hydrogen-bond acceptors (Lipinski definition) is 5. The molecule has 2 atom stereocenters. The van der Waals surface area contributed by atoms with Crippen LogP contribution in [0.3, 0.4) is 0 Å². The van der Waals surface area contributed by atoms with Gasteiger partial charge in [-0.15, -0.1) is 0 Å². The average molecular weight is 337 g/mol. The summed E-state index contributed by atoms with van der Waals surface area (Å²) in [5.74, 6) is 0. The first-order chi connectivity index (χ1) is 11.4. The normalized spacial score (nSPS) is 21.1. The number of nitrogens with zero attached hydrogens (tertiary/aromatic N) is 1. The standard InChI is InChI=1S/C18H27NO5/c1-18(2,3)24-17(21)19-10-16(9-15(19)11-20)23-13-22-12-14-7-5-4-6-8-14/h4-8,15-16,20H,9-13H2,1-3H3. The second-order valence-corrected chi connectivity index (χ2v) is 6.95. The monoisotopic (exact) mass is 337 g/mol. The van der Waals surface area contributed by atoms with Gasteiger partial charge in [-0.05, 0) is 32.8 Å². The summed E-state index contributed by atoms with van der Waals surface area (Å²) in [4.78, 5) is 13.7. The summed E-state index contributed by atoms with van der Waals surface area (Å²) in [7, 11) is 0. The summed E-state index contributed by atoms with van der Waals surface area (Å²) < 4.78 is 16.6. The smallest absolute Gasteiger partial charge is 0.410 e. The van der Waals surface area contributed by atoms with Crippen molar-refractivity contribution in [3.05, 3.63) is 35.9 Å². The maximum Gasteiger partial charge on any atom is 0.410 e. The van der Waals surface area contributed by atoms with Gasteiger partial charge in [0, 0.05) is 0 Å². The van der Waals surface area contributed by atoms with E-state index in [9.17, 15) is 9.90 Å². The van der Waals surface area contributed by atoms with Gasteiger partial charge < -0.3 is 24.2 Å². The van der Waals surface area contributed by atoms with Crippen molar-refractivity contribution < 1.29 is 24.1 Å². The fraction of sp³-hybridized carbons (Fsp3) is 0.611. The zero-order valence-electron chi connectivity index (χ0n) is 14.6. The van der Waals surface area contributed by atoms with Gasteiger partial charge in [0.05, 0.1) is 31.9 Å². The van der Waals surface area contributed by atoms with E-state index in [1.165, 1.54) is 4.90 Å². The van der Waals surface area contributed by atoms with E-state index >= 15 is 0 Å². The van der Waals surface area contributed by atoms with Crippen molar-refractivity contribution >= 4 is 6.09 Å². The predicted molar refractivity (Wildman–Crippen MR) is 89.4 cm³/mol. The zero-order chi connectivity index (χ0) is 17.6. The van der Waals surface area contributed by atoms with Crippen LogP contribution in [0.15, 0.2) is 30.3 Å². The summed E-state index contributed by atoms with van der Waals surface area (Å²) in [6.07, 6.45) is -0.00643. The second-order valence-electron chi connectivity index (χ2n) is 6.95. The molecule has 6 nitrogen and oxygen atoms in total. The fourth-order valence-electron chi connectivity index (χ4n) is 2.59. The predicted octanol–water partition coefficient (Wildman–Crippen LogP) is 2.55. The summed E-state index contributed by atoms with van der Waals surface area (Å²) in [5, 5.41) is 9.49. The molecule has 1 heterocycles. The van der Waals surface area contributed by atoms with Crippen molar-refractivity contribution in [3.63, 3.8) is 0 Å². The molecule has 1 aliphatic heterocycles. The Morgan fingerprint density at radius 1 is 1.29 bits per heavy atom. The Bertz CT molecular complexity index is 514. The summed E-state index contributed by atoms with van der Waals surface area (Å²) >= 11 is 0. The third kappa shape index (κ3) is 5.78. The molecule has 0 bridgehead atoms. The Morgan fingerprint density at radius 2 is 2.00 bits per heavy atom. The number of rotatable bonds is 6. The van der Waals surface area contributed by atoms with Crippen molar-refractivity contribution in [2.24, 2.45) is 0 Å². The molecule has 0 saturated carbocycles. The second kappa shape index (κ2) is 8.46. The first kappa shape index (κ1) is 18.7. The summed E-state index contributed by atoms with van der Waals surface area (Å²) in [6.45, 7) is 6.38. The van der Waals surface area contributed by atoms with Crippen molar-refractivity contribution in [2.45, 2.75) is 51.5 Å². The quantitative estimate of drug-likeness (QED) is 0.638. The van der Waals surface area contributed by atoms with Crippen LogP contribution in [0.4, 0.5) is 4.79 Å². The van der Waals surface area contributed by atoms with E-state index in [0.717, 1.165) is 5.56 Å². The lowest BCUT2D eigenvalue weighted by molar-refractivity contribution is -0.0922. The molecule has 2 rings (SSSR count). The molecule has 0 aromatic heterocycles. The minimum atomic E-state index is -0.561. The Balaban J connectivity index is 1.75. The Kier molecular flexibility index (Phi) is 6.60. The first-order valence-corrected chi connectivity index (χ1v) is 8.23. The lowest BCUT2D eigenvalue weighted by Crippen LogP contribution is -2.41. The highest BCUT2D eigenvalue weighted by Gasteiger charge is 2.37. The van der Waals surface area contributed by atoms with Gasteiger partial charge in [-0.2, -0.15) is 0 Å². The van der Waals surface area contributed by atoms with Crippen LogP contribution in [-0.4, -0.2) is 53.8 Å². The molecule has 0 spiro atoms. The highest BCUT2D eigenvalue weighted by atomic mass is 16.7. The van der Waals surface area contributed by atoms with Crippen LogP contribution in [0.5, 0.6) is 0 Å². The largest absolute Gasteiger partial charge is 0.444 e. The minimum absolute atomic E-state index is 0.107. The van der Waals surface area contributed by atoms with E-state index in [-0.39, 0.29) is 25.5 Å². The molecular formula is C18H27NO5. The number of aliphatic hydroxyl groups is 1. The van der Waals surface area contributed by atoms with Crippen molar-refractivity contribution in [2.75, 3.05) is 19.9 Å². The zero-order valence-corrected chi connectivity index (χ0v) is 14.6. The van der Waals surface area contributed by atoms with Gasteiger partial charge in [0.25, 0.3) is 0 Å². The molecule has 134 valence electrons. The number of hydrogen-bond donors (Lipinski definition) is 1. The Labute approximate surface area is 143 Å². The highest BCUT2D eigenvalue weighted by molar-refractivity contribution is 5.69. The molecule has 1 aromatic carbocycles. The highest BCUT2D eigenvalue weighted by Crippen LogP contribution is 2.23. The number of carbonyl (C=O) groups is 1. The molecule has 24 heavy (non-hydrogen) atoms. The molecule has 1 amide bonds. The molecule has 1 aliphatic rings. The van der Waals surface area contributed by atoms with Crippen LogP contribution in [-0.2, 0) is 20.8 Å². The van der Waals surface area contributed by atoms with Crippen LogP contribution in [0.2, 0.25) is 0 Å². The summed E-state index contributed by atoms with van der Waals surface area (Å²) in [6, 6.07) is 9.57. The van der Waals surface area contributed by atoms with Gasteiger partial charge in [-0.3, -0.25) is 0 Å². The minimum Gasteiger partial charge on any atom is -0.444 e. The van der Waals surface area contributed by atoms with Crippen LogP contribution in [0.25, 0.3) is 0 Å². The van der Waals surface area contributed by atoms with Gasteiger partial charge in [0.15, 0.2) is 0 Å². The third-order valence-electron chi connectivity index (χ3n) is 3.71. The number of amides is 1.